The Morgan fingerprint density at radius 1 is 0.403 bits per heavy atom. The van der Waals surface area contributed by atoms with Gasteiger partial charge in [0.15, 0.2) is 0 Å². The molecule has 12 rings (SSSR count). The highest BCUT2D eigenvalue weighted by molar-refractivity contribution is 7.00. The third kappa shape index (κ3) is 8.05. The molecular formula is C73H78BN3. The first kappa shape index (κ1) is 50.8. The largest absolute Gasteiger partial charge is 0.311 e. The molecule has 0 N–H and O–H groups in total. The maximum absolute atomic E-state index is 2.73. The highest BCUT2D eigenvalue weighted by Crippen LogP contribution is 2.56. The van der Waals surface area contributed by atoms with E-state index in [0.717, 1.165) is 17.1 Å². The van der Waals surface area contributed by atoms with Crippen molar-refractivity contribution in [3.05, 3.63) is 203 Å². The number of benzene rings is 8. The van der Waals surface area contributed by atoms with Gasteiger partial charge in [0, 0.05) is 61.6 Å². The van der Waals surface area contributed by atoms with E-state index < -0.39 is 0 Å². The van der Waals surface area contributed by atoms with E-state index >= 15 is 0 Å². The second kappa shape index (κ2) is 17.0. The average Bonchev–Trinajstić information content (AvgIpc) is 3.88. The smallest absolute Gasteiger partial charge is 0.252 e. The second-order valence-electron chi connectivity index (χ2n) is 28.4. The van der Waals surface area contributed by atoms with Crippen LogP contribution in [0.3, 0.4) is 0 Å². The first-order valence-electron chi connectivity index (χ1n) is 28.3. The highest BCUT2D eigenvalue weighted by atomic mass is 15.2. The molecule has 0 atom stereocenters. The Bertz CT molecular complexity index is 3780. The summed E-state index contributed by atoms with van der Waals surface area (Å²) in [6, 6.07) is 64.0. The summed E-state index contributed by atoms with van der Waals surface area (Å²) in [6.07, 6.45) is 0. The number of hydrogen-bond acceptors (Lipinski definition) is 2. The summed E-state index contributed by atoms with van der Waals surface area (Å²) < 4.78 is 2.73. The summed E-state index contributed by atoms with van der Waals surface area (Å²) in [5, 5.41) is 1.38. The van der Waals surface area contributed by atoms with Gasteiger partial charge in [-0.2, -0.15) is 0 Å². The van der Waals surface area contributed by atoms with Crippen molar-refractivity contribution in [2.75, 3.05) is 9.80 Å². The van der Waals surface area contributed by atoms with E-state index in [1.165, 1.54) is 111 Å². The van der Waals surface area contributed by atoms with E-state index in [-0.39, 0.29) is 39.2 Å². The molecule has 0 saturated carbocycles. The third-order valence-corrected chi connectivity index (χ3v) is 17.5. The molecule has 0 spiro atoms. The predicted molar refractivity (Wildman–Crippen MR) is 334 cm³/mol. The van der Waals surface area contributed by atoms with Gasteiger partial charge in [-0.25, -0.2) is 0 Å². The van der Waals surface area contributed by atoms with Crippen molar-refractivity contribution >= 4 is 68.1 Å². The maximum atomic E-state index is 2.73. The van der Waals surface area contributed by atoms with Crippen LogP contribution in [0.1, 0.15) is 157 Å². The van der Waals surface area contributed by atoms with Gasteiger partial charge in [0.1, 0.15) is 0 Å². The molecule has 3 nitrogen and oxygen atoms in total. The van der Waals surface area contributed by atoms with Crippen molar-refractivity contribution in [2.45, 2.75) is 150 Å². The van der Waals surface area contributed by atoms with Gasteiger partial charge >= 0.3 is 0 Å². The summed E-state index contributed by atoms with van der Waals surface area (Å²) >= 11 is 0. The molecule has 2 aliphatic heterocycles. The Hall–Kier alpha value is -7.04. The predicted octanol–water partition coefficient (Wildman–Crippen LogP) is 18.2. The van der Waals surface area contributed by atoms with Gasteiger partial charge in [0.2, 0.25) is 0 Å². The molecule has 0 radical (unpaired) electrons. The molecule has 0 fully saturated rings. The molecule has 0 saturated heterocycles. The number of nitrogens with zero attached hydrogens (tertiary/aromatic N) is 3. The average molecular weight is 1010 g/mol. The number of fused-ring (bicyclic) bond motifs is 9. The number of rotatable bonds is 5. The van der Waals surface area contributed by atoms with Crippen LogP contribution in [-0.2, 0) is 32.5 Å². The maximum Gasteiger partial charge on any atom is 0.252 e. The molecular weight excluding hydrogens is 930 g/mol. The van der Waals surface area contributed by atoms with E-state index in [1.54, 1.807) is 0 Å². The fraction of sp³-hybridized carbons (Fsp3) is 0.315. The lowest BCUT2D eigenvalue weighted by atomic mass is 9.33. The van der Waals surface area contributed by atoms with Crippen molar-refractivity contribution in [2.24, 2.45) is 0 Å². The molecule has 0 unspecified atom stereocenters. The standard InChI is InChI=1S/C73H78BN3/c1-68(2,3)46-27-32-51(33-28-46)75(52-34-29-47(30-35-52)69(4,5)6)53-36-37-58-61(44-53)76(60-38-31-48(70(7,8)9)39-55(60)45-23-19-18-20-24-45)62-42-50(72(13,14)15)43-63-65(62)74(58)59-41-49(71(10,11)12)40-56-64-67(77(63)66(56)59)54-25-21-22-26-57(54)73(64,16)17/h18-44H,1-17H3. The first-order chi connectivity index (χ1) is 36.1. The lowest BCUT2D eigenvalue weighted by Crippen LogP contribution is -2.60. The molecule has 4 heteroatoms. The van der Waals surface area contributed by atoms with Crippen LogP contribution in [0.15, 0.2) is 164 Å². The highest BCUT2D eigenvalue weighted by Gasteiger charge is 2.48. The van der Waals surface area contributed by atoms with Crippen LogP contribution in [0.25, 0.3) is 39.0 Å². The van der Waals surface area contributed by atoms with E-state index in [9.17, 15) is 0 Å². The molecule has 77 heavy (non-hydrogen) atoms. The van der Waals surface area contributed by atoms with Gasteiger partial charge < -0.3 is 14.4 Å². The molecule has 9 aromatic rings. The lowest BCUT2D eigenvalue weighted by Gasteiger charge is -2.43. The molecule has 0 bridgehead atoms. The van der Waals surface area contributed by atoms with E-state index in [2.05, 4.69) is 296 Å². The fourth-order valence-corrected chi connectivity index (χ4v) is 13.0. The van der Waals surface area contributed by atoms with Crippen molar-refractivity contribution in [3.63, 3.8) is 0 Å². The van der Waals surface area contributed by atoms with Crippen LogP contribution >= 0.6 is 0 Å². The SMILES string of the molecule is CC(C)(C)c1ccc(N(c2ccc(C(C)(C)C)cc2)c2ccc3c(c2)N(c2ccc(C(C)(C)C)cc2-c2ccccc2)c2cc(C(C)(C)C)cc4c2B3c2cc(C(C)(C)C)cc3c5c(n-4c23)-c2ccccc2C5(C)C)cc1. The minimum Gasteiger partial charge on any atom is -0.311 e. The Balaban J connectivity index is 1.23. The topological polar surface area (TPSA) is 11.4 Å². The zero-order valence-corrected chi connectivity index (χ0v) is 49.0. The molecule has 3 heterocycles. The summed E-state index contributed by atoms with van der Waals surface area (Å²) in [7, 11) is 0. The minimum absolute atomic E-state index is 0.0238. The number of aromatic nitrogens is 1. The Morgan fingerprint density at radius 2 is 0.922 bits per heavy atom. The van der Waals surface area contributed by atoms with Crippen LogP contribution in [0.5, 0.6) is 0 Å². The van der Waals surface area contributed by atoms with E-state index in [0.29, 0.717) is 0 Å². The van der Waals surface area contributed by atoms with Gasteiger partial charge in [-0.3, -0.25) is 0 Å². The summed E-state index contributed by atoms with van der Waals surface area (Å²) in [6.45, 7) is 40.0. The van der Waals surface area contributed by atoms with Gasteiger partial charge in [0.25, 0.3) is 6.71 Å². The van der Waals surface area contributed by atoms with Crippen LogP contribution in [0.2, 0.25) is 0 Å². The van der Waals surface area contributed by atoms with Crippen molar-refractivity contribution in [1.29, 1.82) is 0 Å². The fourth-order valence-electron chi connectivity index (χ4n) is 13.0. The zero-order valence-electron chi connectivity index (χ0n) is 49.0. The Labute approximate surface area is 461 Å². The monoisotopic (exact) mass is 1010 g/mol. The summed E-state index contributed by atoms with van der Waals surface area (Å²) in [4.78, 5) is 5.17. The van der Waals surface area contributed by atoms with Gasteiger partial charge in [-0.15, -0.1) is 0 Å². The third-order valence-electron chi connectivity index (χ3n) is 17.5. The van der Waals surface area contributed by atoms with Gasteiger partial charge in [0.05, 0.1) is 11.4 Å². The Morgan fingerprint density at radius 3 is 1.51 bits per heavy atom. The molecule has 388 valence electrons. The second-order valence-corrected chi connectivity index (χ2v) is 28.4. The molecule has 1 aromatic heterocycles. The van der Waals surface area contributed by atoms with Crippen LogP contribution in [-0.4, -0.2) is 11.3 Å². The number of hydrogen-bond donors (Lipinski definition) is 0. The summed E-state index contributed by atoms with van der Waals surface area (Å²) in [5.74, 6) is 0. The first-order valence-corrected chi connectivity index (χ1v) is 28.3. The van der Waals surface area contributed by atoms with Crippen LogP contribution in [0.4, 0.5) is 34.1 Å². The molecule has 1 aliphatic carbocycles. The zero-order chi connectivity index (χ0) is 54.7. The molecule has 0 amide bonds. The minimum atomic E-state index is -0.203. The van der Waals surface area contributed by atoms with Crippen molar-refractivity contribution in [3.8, 4) is 28.1 Å². The van der Waals surface area contributed by atoms with Crippen molar-refractivity contribution in [1.82, 2.24) is 4.57 Å². The van der Waals surface area contributed by atoms with Crippen molar-refractivity contribution < 1.29 is 0 Å². The van der Waals surface area contributed by atoms with Crippen LogP contribution < -0.4 is 26.2 Å². The van der Waals surface area contributed by atoms with Crippen LogP contribution in [0, 0.1) is 0 Å². The van der Waals surface area contributed by atoms with E-state index in [4.69, 9.17) is 0 Å². The molecule has 3 aliphatic rings. The Kier molecular flexibility index (Phi) is 11.2. The summed E-state index contributed by atoms with van der Waals surface area (Å²) in [5.41, 5.74) is 27.8. The van der Waals surface area contributed by atoms with Gasteiger partial charge in [-0.1, -0.05) is 215 Å². The van der Waals surface area contributed by atoms with Gasteiger partial charge in [-0.05, 0) is 155 Å². The lowest BCUT2D eigenvalue weighted by molar-refractivity contribution is 0.589. The van der Waals surface area contributed by atoms with E-state index in [1.807, 2.05) is 0 Å². The molecule has 8 aromatic carbocycles. The number of anilines is 6. The quantitative estimate of drug-likeness (QED) is 0.159. The normalized spacial score (nSPS) is 14.6.